The average Bonchev–Trinajstić information content (AvgIpc) is 2.44. The van der Waals surface area contributed by atoms with Crippen molar-refractivity contribution in [1.82, 2.24) is 5.32 Å². The van der Waals surface area contributed by atoms with Crippen LogP contribution >= 0.6 is 11.6 Å². The SMILES string of the molecule is CNCCCOc1ccc2c(C)c(Cl)c(=O)oc2c1C. The van der Waals surface area contributed by atoms with Gasteiger partial charge in [-0.3, -0.25) is 0 Å². The topological polar surface area (TPSA) is 51.5 Å². The Kier molecular flexibility index (Phi) is 4.68. The number of hydrogen-bond donors (Lipinski definition) is 1. The minimum atomic E-state index is -0.507. The standard InChI is InChI=1S/C15H18ClNO3/c1-9-11-5-6-12(19-8-4-7-17-3)10(2)14(11)20-15(18)13(9)16/h5-6,17H,4,7-8H2,1-3H3. The van der Waals surface area contributed by atoms with E-state index in [0.717, 1.165) is 35.2 Å². The van der Waals surface area contributed by atoms with Crippen molar-refractivity contribution in [3.05, 3.63) is 38.7 Å². The monoisotopic (exact) mass is 295 g/mol. The molecule has 20 heavy (non-hydrogen) atoms. The molecule has 108 valence electrons. The lowest BCUT2D eigenvalue weighted by Gasteiger charge is -2.11. The molecule has 0 radical (unpaired) electrons. The Morgan fingerprint density at radius 1 is 1.30 bits per heavy atom. The molecule has 2 rings (SSSR count). The van der Waals surface area contributed by atoms with E-state index in [9.17, 15) is 4.79 Å². The molecule has 1 aromatic heterocycles. The van der Waals surface area contributed by atoms with Crippen molar-refractivity contribution in [3.63, 3.8) is 0 Å². The second-order valence-corrected chi connectivity index (χ2v) is 5.08. The molecule has 1 heterocycles. The molecule has 0 saturated carbocycles. The first-order chi connectivity index (χ1) is 9.56. The van der Waals surface area contributed by atoms with Gasteiger partial charge in [-0.2, -0.15) is 0 Å². The second kappa shape index (κ2) is 6.29. The molecule has 0 saturated heterocycles. The number of benzene rings is 1. The summed E-state index contributed by atoms with van der Waals surface area (Å²) in [5, 5.41) is 4.05. The van der Waals surface area contributed by atoms with Crippen molar-refractivity contribution in [3.8, 4) is 5.75 Å². The predicted molar refractivity (Wildman–Crippen MR) is 81.0 cm³/mol. The van der Waals surface area contributed by atoms with Gasteiger partial charge in [0.05, 0.1) is 6.61 Å². The van der Waals surface area contributed by atoms with E-state index in [-0.39, 0.29) is 5.02 Å². The van der Waals surface area contributed by atoms with Crippen LogP contribution in [0.15, 0.2) is 21.3 Å². The Bertz CT molecular complexity index is 679. The molecular formula is C15H18ClNO3. The van der Waals surface area contributed by atoms with E-state index in [1.807, 2.05) is 33.0 Å². The molecule has 0 amide bonds. The second-order valence-electron chi connectivity index (χ2n) is 4.70. The summed E-state index contributed by atoms with van der Waals surface area (Å²) in [6.45, 7) is 5.21. The number of ether oxygens (including phenoxy) is 1. The van der Waals surface area contributed by atoms with Crippen molar-refractivity contribution in [2.75, 3.05) is 20.2 Å². The van der Waals surface area contributed by atoms with E-state index in [1.165, 1.54) is 0 Å². The van der Waals surface area contributed by atoms with E-state index in [1.54, 1.807) is 0 Å². The van der Waals surface area contributed by atoms with Crippen molar-refractivity contribution in [2.45, 2.75) is 20.3 Å². The maximum absolute atomic E-state index is 11.7. The fourth-order valence-electron chi connectivity index (χ4n) is 2.10. The molecule has 0 fully saturated rings. The quantitative estimate of drug-likeness (QED) is 0.680. The molecule has 0 unspecified atom stereocenters. The zero-order valence-corrected chi connectivity index (χ0v) is 12.6. The zero-order chi connectivity index (χ0) is 14.7. The Labute approximate surface area is 122 Å². The van der Waals surface area contributed by atoms with Crippen LogP contribution in [0.3, 0.4) is 0 Å². The maximum Gasteiger partial charge on any atom is 0.355 e. The summed E-state index contributed by atoms with van der Waals surface area (Å²) in [6, 6.07) is 3.76. The molecular weight excluding hydrogens is 278 g/mol. The normalized spacial score (nSPS) is 11.0. The summed E-state index contributed by atoms with van der Waals surface area (Å²) in [5.74, 6) is 0.735. The highest BCUT2D eigenvalue weighted by Gasteiger charge is 2.13. The van der Waals surface area contributed by atoms with Gasteiger partial charge in [0, 0.05) is 10.9 Å². The molecule has 0 bridgehead atoms. The molecule has 0 aliphatic heterocycles. The van der Waals surface area contributed by atoms with Crippen LogP contribution in [0.2, 0.25) is 5.02 Å². The molecule has 0 aliphatic rings. The summed E-state index contributed by atoms with van der Waals surface area (Å²) >= 11 is 5.92. The molecule has 2 aromatic rings. The van der Waals surface area contributed by atoms with Gasteiger partial charge in [-0.05, 0) is 51.6 Å². The van der Waals surface area contributed by atoms with Gasteiger partial charge in [-0.15, -0.1) is 0 Å². The Hall–Kier alpha value is -1.52. The third-order valence-corrected chi connectivity index (χ3v) is 3.73. The van der Waals surface area contributed by atoms with Crippen molar-refractivity contribution in [1.29, 1.82) is 0 Å². The molecule has 0 spiro atoms. The van der Waals surface area contributed by atoms with Crippen LogP contribution < -0.4 is 15.7 Å². The first kappa shape index (κ1) is 14.9. The lowest BCUT2D eigenvalue weighted by molar-refractivity contribution is 0.307. The van der Waals surface area contributed by atoms with E-state index >= 15 is 0 Å². The number of fused-ring (bicyclic) bond motifs is 1. The van der Waals surface area contributed by atoms with Gasteiger partial charge in [-0.25, -0.2) is 4.79 Å². The van der Waals surface area contributed by atoms with Crippen molar-refractivity contribution < 1.29 is 9.15 Å². The van der Waals surface area contributed by atoms with Gasteiger partial charge in [0.1, 0.15) is 16.4 Å². The van der Waals surface area contributed by atoms with Gasteiger partial charge in [-0.1, -0.05) is 11.6 Å². The number of halogens is 1. The van der Waals surface area contributed by atoms with Crippen molar-refractivity contribution >= 4 is 22.6 Å². The fourth-order valence-corrected chi connectivity index (χ4v) is 2.24. The number of hydrogen-bond acceptors (Lipinski definition) is 4. The van der Waals surface area contributed by atoms with Gasteiger partial charge < -0.3 is 14.5 Å². The van der Waals surface area contributed by atoms with Crippen LogP contribution in [-0.2, 0) is 0 Å². The lowest BCUT2D eigenvalue weighted by atomic mass is 10.1. The first-order valence-corrected chi connectivity index (χ1v) is 6.94. The van der Waals surface area contributed by atoms with E-state index < -0.39 is 5.63 Å². The molecule has 4 nitrogen and oxygen atoms in total. The lowest BCUT2D eigenvalue weighted by Crippen LogP contribution is -2.12. The van der Waals surface area contributed by atoms with Crippen molar-refractivity contribution in [2.24, 2.45) is 0 Å². The Balaban J connectivity index is 2.38. The van der Waals surface area contributed by atoms with Crippen LogP contribution in [0.5, 0.6) is 5.75 Å². The largest absolute Gasteiger partial charge is 0.493 e. The summed E-state index contributed by atoms with van der Waals surface area (Å²) < 4.78 is 11.0. The van der Waals surface area contributed by atoms with Gasteiger partial charge >= 0.3 is 5.63 Å². The third kappa shape index (κ3) is 2.81. The Morgan fingerprint density at radius 3 is 2.75 bits per heavy atom. The van der Waals surface area contributed by atoms with Gasteiger partial charge in [0.2, 0.25) is 0 Å². The highest BCUT2D eigenvalue weighted by atomic mass is 35.5. The number of rotatable bonds is 5. The molecule has 0 aliphatic carbocycles. The highest BCUT2D eigenvalue weighted by molar-refractivity contribution is 6.31. The first-order valence-electron chi connectivity index (χ1n) is 6.56. The number of nitrogens with one attached hydrogen (secondary N) is 1. The van der Waals surface area contributed by atoms with Gasteiger partial charge in [0.15, 0.2) is 0 Å². The summed E-state index contributed by atoms with van der Waals surface area (Å²) in [6.07, 6.45) is 0.914. The van der Waals surface area contributed by atoms with E-state index in [2.05, 4.69) is 5.32 Å². The molecule has 0 atom stereocenters. The molecule has 1 aromatic carbocycles. The highest BCUT2D eigenvalue weighted by Crippen LogP contribution is 2.30. The van der Waals surface area contributed by atoms with E-state index in [4.69, 9.17) is 20.8 Å². The van der Waals surface area contributed by atoms with E-state index in [0.29, 0.717) is 12.2 Å². The fraction of sp³-hybridized carbons (Fsp3) is 0.400. The zero-order valence-electron chi connectivity index (χ0n) is 11.9. The smallest absolute Gasteiger partial charge is 0.355 e. The summed E-state index contributed by atoms with van der Waals surface area (Å²) in [7, 11) is 1.91. The molecule has 1 N–H and O–H groups in total. The van der Waals surface area contributed by atoms with Crippen LogP contribution in [0.1, 0.15) is 17.5 Å². The summed E-state index contributed by atoms with van der Waals surface area (Å²) in [5.41, 5.74) is 1.60. The maximum atomic E-state index is 11.7. The molecule has 5 heteroatoms. The third-order valence-electron chi connectivity index (χ3n) is 3.29. The predicted octanol–water partition coefficient (Wildman–Crippen LogP) is 3.05. The van der Waals surface area contributed by atoms with Crippen LogP contribution in [-0.4, -0.2) is 20.2 Å². The van der Waals surface area contributed by atoms with Crippen LogP contribution in [0, 0.1) is 13.8 Å². The summed E-state index contributed by atoms with van der Waals surface area (Å²) in [4.78, 5) is 11.7. The van der Waals surface area contributed by atoms with Crippen LogP contribution in [0.25, 0.3) is 11.0 Å². The minimum absolute atomic E-state index is 0.139. The average molecular weight is 296 g/mol. The Morgan fingerprint density at radius 2 is 2.05 bits per heavy atom. The number of aryl methyl sites for hydroxylation is 2. The van der Waals surface area contributed by atoms with Gasteiger partial charge in [0.25, 0.3) is 0 Å². The van der Waals surface area contributed by atoms with Crippen LogP contribution in [0.4, 0.5) is 0 Å². The minimum Gasteiger partial charge on any atom is -0.493 e.